The molecular weight excluding hydrogens is 228 g/mol. The first-order valence-electron chi connectivity index (χ1n) is 5.98. The fourth-order valence-corrected chi connectivity index (χ4v) is 1.79. The first-order valence-corrected chi connectivity index (χ1v) is 5.98. The maximum atomic E-state index is 12.1. The van der Waals surface area contributed by atoms with Gasteiger partial charge in [-0.05, 0) is 19.1 Å². The molecular formula is C14H17N2O2+. The number of Topliss-reactive ketones (excluding diaryl/α,β-unsaturated/α-hetero) is 1. The predicted molar refractivity (Wildman–Crippen MR) is 67.6 cm³/mol. The minimum atomic E-state index is 0.0783. The topological polar surface area (TPSA) is 46.0 Å². The molecule has 2 aromatic rings. The van der Waals surface area contributed by atoms with Crippen LogP contribution in [0.4, 0.5) is 0 Å². The highest BCUT2D eigenvalue weighted by Crippen LogP contribution is 2.14. The molecule has 2 rings (SSSR count). The second kappa shape index (κ2) is 5.49. The summed E-state index contributed by atoms with van der Waals surface area (Å²) in [5, 5.41) is 0. The summed E-state index contributed by atoms with van der Waals surface area (Å²) in [5.74, 6) is 1.70. The summed E-state index contributed by atoms with van der Waals surface area (Å²) in [4.78, 5) is 15.2. The molecule has 0 atom stereocenters. The van der Waals surface area contributed by atoms with Crippen LogP contribution >= 0.6 is 0 Å². The third-order valence-corrected chi connectivity index (χ3v) is 2.77. The molecule has 1 heterocycles. The number of aromatic amines is 1. The van der Waals surface area contributed by atoms with Crippen molar-refractivity contribution in [1.29, 1.82) is 0 Å². The second-order valence-electron chi connectivity index (χ2n) is 4.08. The van der Waals surface area contributed by atoms with Crippen LogP contribution in [-0.4, -0.2) is 17.4 Å². The number of imidazole rings is 1. The predicted octanol–water partition coefficient (Wildman–Crippen LogP) is 1.66. The molecule has 1 aromatic carbocycles. The maximum absolute atomic E-state index is 12.1. The highest BCUT2D eigenvalue weighted by molar-refractivity contribution is 5.97. The molecule has 1 N–H and O–H groups in total. The van der Waals surface area contributed by atoms with Gasteiger partial charge in [0.25, 0.3) is 5.82 Å². The highest BCUT2D eigenvalue weighted by Gasteiger charge is 2.14. The van der Waals surface area contributed by atoms with Gasteiger partial charge >= 0.3 is 0 Å². The largest absolute Gasteiger partial charge is 0.494 e. The molecule has 1 aromatic heterocycles. The monoisotopic (exact) mass is 245 g/mol. The van der Waals surface area contributed by atoms with Crippen molar-refractivity contribution < 1.29 is 14.1 Å². The van der Waals surface area contributed by atoms with E-state index in [-0.39, 0.29) is 5.78 Å². The summed E-state index contributed by atoms with van der Waals surface area (Å²) >= 11 is 0. The quantitative estimate of drug-likeness (QED) is 0.643. The Morgan fingerprint density at radius 2 is 2.28 bits per heavy atom. The number of ether oxygens (including phenoxy) is 1. The van der Waals surface area contributed by atoms with E-state index >= 15 is 0 Å². The molecule has 4 nitrogen and oxygen atoms in total. The van der Waals surface area contributed by atoms with Crippen molar-refractivity contribution in [3.05, 3.63) is 48.0 Å². The molecule has 0 unspecified atom stereocenters. The van der Waals surface area contributed by atoms with Crippen LogP contribution in [0.15, 0.2) is 36.7 Å². The summed E-state index contributed by atoms with van der Waals surface area (Å²) in [6.07, 6.45) is 4.07. The minimum Gasteiger partial charge on any atom is -0.494 e. The fraction of sp³-hybridized carbons (Fsp3) is 0.286. The Morgan fingerprint density at radius 3 is 2.94 bits per heavy atom. The van der Waals surface area contributed by atoms with E-state index in [1.807, 2.05) is 49.1 Å². The second-order valence-corrected chi connectivity index (χ2v) is 4.08. The van der Waals surface area contributed by atoms with Gasteiger partial charge in [0.1, 0.15) is 24.6 Å². The van der Waals surface area contributed by atoms with Gasteiger partial charge in [-0.25, -0.2) is 9.55 Å². The molecule has 94 valence electrons. The lowest BCUT2D eigenvalue weighted by Crippen LogP contribution is -2.31. The number of aryl methyl sites for hydroxylation is 1. The number of ketones is 1. The Bertz CT molecular complexity index is 546. The lowest BCUT2D eigenvalue weighted by atomic mass is 10.1. The van der Waals surface area contributed by atoms with Gasteiger partial charge < -0.3 is 4.74 Å². The van der Waals surface area contributed by atoms with Crippen LogP contribution in [0.3, 0.4) is 0 Å². The molecule has 0 aliphatic heterocycles. The first kappa shape index (κ1) is 12.4. The molecule has 0 bridgehead atoms. The fourth-order valence-electron chi connectivity index (χ4n) is 1.79. The zero-order chi connectivity index (χ0) is 13.0. The average Bonchev–Trinajstić information content (AvgIpc) is 2.76. The van der Waals surface area contributed by atoms with Crippen molar-refractivity contribution in [3.8, 4) is 5.75 Å². The highest BCUT2D eigenvalue weighted by atomic mass is 16.5. The number of carbonyl (C=O) groups excluding carboxylic acids is 1. The Labute approximate surface area is 106 Å². The van der Waals surface area contributed by atoms with E-state index in [2.05, 4.69) is 4.98 Å². The van der Waals surface area contributed by atoms with Crippen molar-refractivity contribution in [2.24, 2.45) is 7.05 Å². The number of aromatic nitrogens is 2. The number of nitrogens with one attached hydrogen (secondary N) is 1. The molecule has 0 aliphatic rings. The lowest BCUT2D eigenvalue weighted by Gasteiger charge is -2.04. The van der Waals surface area contributed by atoms with E-state index in [0.29, 0.717) is 18.6 Å². The number of hydrogen-bond donors (Lipinski definition) is 1. The van der Waals surface area contributed by atoms with Gasteiger partial charge in [0, 0.05) is 5.56 Å². The Kier molecular flexibility index (Phi) is 3.77. The van der Waals surface area contributed by atoms with Crippen LogP contribution in [-0.2, 0) is 13.5 Å². The molecule has 0 amide bonds. The average molecular weight is 245 g/mol. The van der Waals surface area contributed by atoms with Crippen LogP contribution in [0.5, 0.6) is 5.75 Å². The van der Waals surface area contributed by atoms with Gasteiger partial charge in [0.2, 0.25) is 0 Å². The van der Waals surface area contributed by atoms with E-state index in [1.165, 1.54) is 0 Å². The third kappa shape index (κ3) is 2.77. The minimum absolute atomic E-state index is 0.0783. The van der Waals surface area contributed by atoms with Gasteiger partial charge in [0.05, 0.1) is 13.7 Å². The molecule has 0 saturated heterocycles. The van der Waals surface area contributed by atoms with E-state index < -0.39 is 0 Å². The van der Waals surface area contributed by atoms with Crippen molar-refractivity contribution in [2.75, 3.05) is 6.61 Å². The van der Waals surface area contributed by atoms with E-state index in [4.69, 9.17) is 4.74 Å². The summed E-state index contributed by atoms with van der Waals surface area (Å²) in [6, 6.07) is 7.30. The lowest BCUT2D eigenvalue weighted by molar-refractivity contribution is -0.677. The Morgan fingerprint density at radius 1 is 1.44 bits per heavy atom. The summed E-state index contributed by atoms with van der Waals surface area (Å²) in [7, 11) is 1.91. The van der Waals surface area contributed by atoms with Crippen molar-refractivity contribution in [3.63, 3.8) is 0 Å². The smallest absolute Gasteiger partial charge is 0.261 e. The molecule has 0 spiro atoms. The molecule has 0 radical (unpaired) electrons. The normalized spacial score (nSPS) is 10.3. The zero-order valence-corrected chi connectivity index (χ0v) is 10.6. The van der Waals surface area contributed by atoms with Crippen molar-refractivity contribution in [2.45, 2.75) is 13.3 Å². The van der Waals surface area contributed by atoms with E-state index in [0.717, 1.165) is 11.6 Å². The van der Waals surface area contributed by atoms with Crippen LogP contribution in [0, 0.1) is 0 Å². The summed E-state index contributed by atoms with van der Waals surface area (Å²) in [5.41, 5.74) is 0.676. The maximum Gasteiger partial charge on any atom is 0.261 e. The van der Waals surface area contributed by atoms with E-state index in [9.17, 15) is 4.79 Å². The van der Waals surface area contributed by atoms with Gasteiger partial charge in [-0.3, -0.25) is 4.79 Å². The third-order valence-electron chi connectivity index (χ3n) is 2.77. The molecule has 0 saturated carbocycles. The van der Waals surface area contributed by atoms with Gasteiger partial charge in [0.15, 0.2) is 5.78 Å². The molecule has 0 aliphatic carbocycles. The number of benzene rings is 1. The zero-order valence-electron chi connectivity index (χ0n) is 10.6. The van der Waals surface area contributed by atoms with Crippen molar-refractivity contribution >= 4 is 5.78 Å². The molecule has 0 fully saturated rings. The van der Waals surface area contributed by atoms with Crippen LogP contribution < -0.4 is 9.30 Å². The summed E-state index contributed by atoms with van der Waals surface area (Å²) in [6.45, 7) is 2.52. The molecule has 18 heavy (non-hydrogen) atoms. The van der Waals surface area contributed by atoms with Gasteiger partial charge in [-0.1, -0.05) is 12.1 Å². The SMILES string of the molecule is CCOc1cccc(C(=O)Cc2[nH]cc[n+]2C)c1. The first-order chi connectivity index (χ1) is 8.70. The van der Waals surface area contributed by atoms with Crippen LogP contribution in [0.1, 0.15) is 23.1 Å². The van der Waals surface area contributed by atoms with Gasteiger partial charge in [-0.15, -0.1) is 0 Å². The number of nitrogens with zero attached hydrogens (tertiary/aromatic N) is 1. The Balaban J connectivity index is 2.14. The number of H-pyrrole nitrogens is 1. The number of hydrogen-bond acceptors (Lipinski definition) is 2. The molecule has 4 heteroatoms. The number of carbonyl (C=O) groups is 1. The van der Waals surface area contributed by atoms with Crippen molar-refractivity contribution in [1.82, 2.24) is 4.98 Å². The summed E-state index contributed by atoms with van der Waals surface area (Å²) < 4.78 is 7.30. The van der Waals surface area contributed by atoms with Crippen LogP contribution in [0.2, 0.25) is 0 Å². The number of rotatable bonds is 5. The van der Waals surface area contributed by atoms with E-state index in [1.54, 1.807) is 6.07 Å². The van der Waals surface area contributed by atoms with Crippen LogP contribution in [0.25, 0.3) is 0 Å². The standard InChI is InChI=1S/C14H16N2O2/c1-3-18-12-6-4-5-11(9-12)13(17)10-14-15-7-8-16(14)2/h4-9H,3,10H2,1-2H3/p+1. The Hall–Kier alpha value is -2.10. The van der Waals surface area contributed by atoms with Gasteiger partial charge in [-0.2, -0.15) is 0 Å².